The lowest BCUT2D eigenvalue weighted by molar-refractivity contribution is -0.357. The first kappa shape index (κ1) is 32.1. The molecule has 0 aromatic heterocycles. The zero-order chi connectivity index (χ0) is 32.2. The summed E-state index contributed by atoms with van der Waals surface area (Å²) in [6.45, 7) is 0.656. The van der Waals surface area contributed by atoms with Gasteiger partial charge in [-0.15, -0.1) is 0 Å². The predicted octanol–water partition coefficient (Wildman–Crippen LogP) is -1.63. The lowest BCUT2D eigenvalue weighted by Gasteiger charge is -2.46. The molecule has 0 radical (unpaired) electrons. The molecule has 2 saturated heterocycles. The molecule has 0 saturated carbocycles. The maximum atomic E-state index is 12.6. The van der Waals surface area contributed by atoms with Crippen LogP contribution in [-0.2, 0) is 31.8 Å². The van der Waals surface area contributed by atoms with Crippen molar-refractivity contribution in [3.05, 3.63) is 47.0 Å². The minimum absolute atomic E-state index is 0.0401. The van der Waals surface area contributed by atoms with Gasteiger partial charge >= 0.3 is 0 Å². The van der Waals surface area contributed by atoms with Crippen molar-refractivity contribution in [2.75, 3.05) is 26.9 Å². The topological polar surface area (TPSA) is 208 Å². The summed E-state index contributed by atoms with van der Waals surface area (Å²) in [7, 11) is 1.47. The van der Waals surface area contributed by atoms with E-state index in [-0.39, 0.29) is 17.7 Å². The summed E-state index contributed by atoms with van der Waals surface area (Å²) in [6, 6.07) is 9.35. The average molecular weight is 634 g/mol. The number of ether oxygens (including phenoxy) is 5. The van der Waals surface area contributed by atoms with Crippen molar-refractivity contribution in [3.8, 4) is 22.6 Å². The lowest BCUT2D eigenvalue weighted by atomic mass is 9.76. The van der Waals surface area contributed by atoms with Gasteiger partial charge in [-0.05, 0) is 41.2 Å². The second kappa shape index (κ2) is 12.7. The number of methoxy groups -OCH3 is 1. The first-order valence-electron chi connectivity index (χ1n) is 14.9. The van der Waals surface area contributed by atoms with E-state index in [9.17, 15) is 40.5 Å². The van der Waals surface area contributed by atoms with Crippen LogP contribution in [0.15, 0.2) is 30.3 Å². The number of rotatable bonds is 7. The summed E-state index contributed by atoms with van der Waals surface area (Å²) in [4.78, 5) is 14.5. The average Bonchev–Trinajstić information content (AvgIpc) is 3.04. The van der Waals surface area contributed by atoms with Crippen LogP contribution in [0.5, 0.6) is 11.5 Å². The van der Waals surface area contributed by atoms with Crippen LogP contribution < -0.4 is 9.47 Å². The molecule has 0 unspecified atom stereocenters. The van der Waals surface area contributed by atoms with Gasteiger partial charge in [-0.2, -0.15) is 0 Å². The fraction of sp³-hybridized carbons (Fsp3) is 0.581. The van der Waals surface area contributed by atoms with Crippen molar-refractivity contribution in [2.24, 2.45) is 0 Å². The normalized spacial score (nSPS) is 35.8. The third-order valence-corrected chi connectivity index (χ3v) is 9.22. The largest absolute Gasteiger partial charge is 0.492 e. The molecule has 11 atom stereocenters. The van der Waals surface area contributed by atoms with Crippen LogP contribution in [0, 0.1) is 0 Å². The number of aliphatic hydroxyl groups excluding tert-OH is 7. The molecule has 6 rings (SSSR count). The number of hydrogen-bond acceptors (Lipinski definition) is 13. The third-order valence-electron chi connectivity index (χ3n) is 9.22. The van der Waals surface area contributed by atoms with Gasteiger partial charge in [0.25, 0.3) is 0 Å². The number of aliphatic hydroxyl groups is 7. The Morgan fingerprint density at radius 3 is 2.24 bits per heavy atom. The number of fused-ring (bicyclic) bond motifs is 2. The van der Waals surface area contributed by atoms with Gasteiger partial charge in [0.05, 0.1) is 26.4 Å². The first-order valence-corrected chi connectivity index (χ1v) is 14.9. The number of nitrogens with zero attached hydrogens (tertiary/aromatic N) is 1. The Labute approximate surface area is 258 Å². The Kier molecular flexibility index (Phi) is 9.06. The summed E-state index contributed by atoms with van der Waals surface area (Å²) in [5.74, 6) is 0.486. The van der Waals surface area contributed by atoms with Gasteiger partial charge < -0.3 is 64.3 Å². The molecule has 14 nitrogen and oxygen atoms in total. The molecule has 0 spiro atoms. The van der Waals surface area contributed by atoms with E-state index in [1.807, 2.05) is 29.2 Å². The number of carbonyl (C=O) groups is 1. The minimum atomic E-state index is -1.80. The number of benzene rings is 2. The van der Waals surface area contributed by atoms with E-state index in [2.05, 4.69) is 0 Å². The predicted molar refractivity (Wildman–Crippen MR) is 153 cm³/mol. The van der Waals surface area contributed by atoms with E-state index in [0.29, 0.717) is 25.1 Å². The Hall–Kier alpha value is -2.89. The molecule has 246 valence electrons. The molecule has 2 aromatic rings. The minimum Gasteiger partial charge on any atom is -0.492 e. The van der Waals surface area contributed by atoms with Crippen LogP contribution in [0.3, 0.4) is 0 Å². The fourth-order valence-corrected chi connectivity index (χ4v) is 6.90. The molecule has 3 aliphatic heterocycles. The van der Waals surface area contributed by atoms with E-state index in [1.54, 1.807) is 13.0 Å². The van der Waals surface area contributed by atoms with Crippen LogP contribution >= 0.6 is 0 Å². The highest BCUT2D eigenvalue weighted by Gasteiger charge is 2.52. The summed E-state index contributed by atoms with van der Waals surface area (Å²) < 4.78 is 29.5. The van der Waals surface area contributed by atoms with Crippen LogP contribution in [0.1, 0.15) is 29.7 Å². The quantitative estimate of drug-likeness (QED) is 0.183. The van der Waals surface area contributed by atoms with Crippen molar-refractivity contribution >= 4 is 5.91 Å². The van der Waals surface area contributed by atoms with Crippen molar-refractivity contribution < 1.29 is 64.2 Å². The van der Waals surface area contributed by atoms with Crippen LogP contribution in [0.4, 0.5) is 0 Å². The third kappa shape index (κ3) is 5.48. The molecule has 2 aromatic carbocycles. The number of hydrogen-bond donors (Lipinski definition) is 7. The molecule has 2 fully saturated rings. The van der Waals surface area contributed by atoms with Crippen LogP contribution in [0.25, 0.3) is 11.1 Å². The summed E-state index contributed by atoms with van der Waals surface area (Å²) in [5, 5.41) is 72.3. The number of carbonyl (C=O) groups excluding carboxylic acids is 1. The zero-order valence-corrected chi connectivity index (χ0v) is 24.8. The second-order valence-corrected chi connectivity index (χ2v) is 11.8. The molecular weight excluding hydrogens is 594 g/mol. The molecule has 3 heterocycles. The summed E-state index contributed by atoms with van der Waals surface area (Å²) in [5.41, 5.74) is 4.52. The van der Waals surface area contributed by atoms with Crippen molar-refractivity contribution in [1.29, 1.82) is 0 Å². The summed E-state index contributed by atoms with van der Waals surface area (Å²) >= 11 is 0. The molecule has 14 heteroatoms. The van der Waals surface area contributed by atoms with Gasteiger partial charge in [-0.25, -0.2) is 0 Å². The SMILES string of the molecule is COc1c(O[C@@H]2O[C@H](CO)[C@@H](O)[C@H](O)[C@H]2O[C@@H]2O[C@H](CO)[C@@H](O)[C@H](O)[C@H]2O)cc2c3c1-c1ccccc1C[C@H]3N(C(C)=O)CC2. The van der Waals surface area contributed by atoms with Gasteiger partial charge in [0, 0.05) is 19.0 Å². The molecule has 45 heavy (non-hydrogen) atoms. The smallest absolute Gasteiger partial charge is 0.229 e. The first-order chi connectivity index (χ1) is 21.6. The van der Waals surface area contributed by atoms with Gasteiger partial charge in [-0.3, -0.25) is 4.79 Å². The van der Waals surface area contributed by atoms with E-state index in [0.717, 1.165) is 27.8 Å². The Balaban J connectivity index is 1.40. The molecule has 1 amide bonds. The maximum absolute atomic E-state index is 12.6. The maximum Gasteiger partial charge on any atom is 0.229 e. The van der Waals surface area contributed by atoms with Crippen LogP contribution in [0.2, 0.25) is 0 Å². The lowest BCUT2D eigenvalue weighted by Crippen LogP contribution is -2.65. The highest BCUT2D eigenvalue weighted by Crippen LogP contribution is 2.53. The van der Waals surface area contributed by atoms with Crippen molar-refractivity contribution in [3.63, 3.8) is 0 Å². The molecule has 0 bridgehead atoms. The Bertz CT molecular complexity index is 1400. The zero-order valence-electron chi connectivity index (χ0n) is 24.8. The standard InChI is InChI=1S/C31H39NO13/c1-13(35)32-8-7-15-10-18(28(41-2)22-16-6-4-3-5-14(16)9-17(32)21(15)22)42-31-29(26(39)24(37)20(12-34)44-31)45-30-27(40)25(38)23(36)19(11-33)43-30/h3-6,10,17,19-20,23-27,29-31,33-34,36-40H,7-9,11-12H2,1-2H3/t17-,19-,20-,23-,24-,25+,26+,27-,29-,30+,31-/m1/s1. The monoisotopic (exact) mass is 633 g/mol. The second-order valence-electron chi connectivity index (χ2n) is 11.8. The Morgan fingerprint density at radius 1 is 0.911 bits per heavy atom. The van der Waals surface area contributed by atoms with Crippen molar-refractivity contribution in [2.45, 2.75) is 87.2 Å². The Morgan fingerprint density at radius 2 is 1.58 bits per heavy atom. The highest BCUT2D eigenvalue weighted by molar-refractivity contribution is 5.85. The van der Waals surface area contributed by atoms with E-state index in [1.165, 1.54) is 7.11 Å². The van der Waals surface area contributed by atoms with Gasteiger partial charge in [0.15, 0.2) is 23.9 Å². The van der Waals surface area contributed by atoms with Gasteiger partial charge in [0.2, 0.25) is 12.2 Å². The van der Waals surface area contributed by atoms with E-state index in [4.69, 9.17) is 23.7 Å². The molecular formula is C31H39NO13. The summed E-state index contributed by atoms with van der Waals surface area (Å²) in [6.07, 6.45) is -14.7. The molecule has 7 N–H and O–H groups in total. The van der Waals surface area contributed by atoms with E-state index >= 15 is 0 Å². The highest BCUT2D eigenvalue weighted by atomic mass is 16.8. The van der Waals surface area contributed by atoms with Gasteiger partial charge in [-0.1, -0.05) is 24.3 Å². The van der Waals surface area contributed by atoms with E-state index < -0.39 is 74.6 Å². The van der Waals surface area contributed by atoms with Gasteiger partial charge in [0.1, 0.15) is 42.7 Å². The number of amides is 1. The molecule has 1 aliphatic carbocycles. The molecule has 4 aliphatic rings. The van der Waals surface area contributed by atoms with Crippen LogP contribution in [-0.4, -0.2) is 135 Å². The fourth-order valence-electron chi connectivity index (χ4n) is 6.90. The van der Waals surface area contributed by atoms with Crippen molar-refractivity contribution in [1.82, 2.24) is 4.90 Å².